The zero-order chi connectivity index (χ0) is 37.9. The van der Waals surface area contributed by atoms with Gasteiger partial charge in [-0.05, 0) is 90.4 Å². The third kappa shape index (κ3) is 5.55. The van der Waals surface area contributed by atoms with E-state index in [4.69, 9.17) is 16.7 Å². The number of nitrogens with zero attached hydrogens (tertiary/aromatic N) is 2. The molecule has 8 rings (SSSR count). The van der Waals surface area contributed by atoms with Gasteiger partial charge < -0.3 is 10.2 Å². The number of hydrazine groups is 1. The van der Waals surface area contributed by atoms with Crippen molar-refractivity contribution in [2.45, 2.75) is 49.9 Å². The number of nitrogens with one attached hydrogen (secondary N) is 1. The molecule has 0 spiro atoms. The smallest absolute Gasteiger partial charge is 0.303 e. The largest absolute Gasteiger partial charge is 0.508 e. The summed E-state index contributed by atoms with van der Waals surface area (Å²) < 4.78 is 13.9. The van der Waals surface area contributed by atoms with Gasteiger partial charge in [0.05, 0.1) is 28.9 Å². The summed E-state index contributed by atoms with van der Waals surface area (Å²) in [5.74, 6) is -7.40. The van der Waals surface area contributed by atoms with Crippen LogP contribution in [0.5, 0.6) is 5.75 Å². The molecule has 3 fully saturated rings. The van der Waals surface area contributed by atoms with Gasteiger partial charge in [-0.2, -0.15) is 5.01 Å². The number of imide groups is 2. The van der Waals surface area contributed by atoms with Crippen LogP contribution < -0.4 is 5.43 Å². The van der Waals surface area contributed by atoms with Crippen LogP contribution in [0.3, 0.4) is 0 Å². The van der Waals surface area contributed by atoms with Gasteiger partial charge >= 0.3 is 5.97 Å². The van der Waals surface area contributed by atoms with E-state index in [0.717, 1.165) is 10.4 Å². The highest BCUT2D eigenvalue weighted by atomic mass is 35.5. The number of rotatable bonds is 10. The van der Waals surface area contributed by atoms with Crippen LogP contribution >= 0.6 is 11.6 Å². The molecule has 2 aliphatic carbocycles. The Morgan fingerprint density at radius 2 is 1.61 bits per heavy atom. The highest BCUT2D eigenvalue weighted by Gasteiger charge is 2.70. The maximum atomic E-state index is 15.4. The molecule has 0 unspecified atom stereocenters. The van der Waals surface area contributed by atoms with Crippen molar-refractivity contribution in [3.05, 3.63) is 119 Å². The number of anilines is 1. The van der Waals surface area contributed by atoms with Crippen molar-refractivity contribution < 1.29 is 38.6 Å². The molecule has 0 radical (unpaired) electrons. The molecule has 2 heterocycles. The third-order valence-corrected chi connectivity index (χ3v) is 12.1. The Bertz CT molecular complexity index is 2240. The zero-order valence-corrected chi connectivity index (χ0v) is 29.8. The van der Waals surface area contributed by atoms with Gasteiger partial charge in [0, 0.05) is 29.5 Å². The number of hydrogen-bond acceptors (Lipinski definition) is 7. The third-order valence-electron chi connectivity index (χ3n) is 11.9. The van der Waals surface area contributed by atoms with Gasteiger partial charge in [-0.3, -0.25) is 34.3 Å². The second-order valence-corrected chi connectivity index (χ2v) is 15.1. The molecule has 3 N–H and O–H groups in total. The van der Waals surface area contributed by atoms with Crippen molar-refractivity contribution in [1.82, 2.24) is 9.91 Å². The molecule has 2 aliphatic heterocycles. The quantitative estimate of drug-likeness (QED) is 0.0897. The second kappa shape index (κ2) is 13.7. The molecular weight excluding hydrogens is 713 g/mol. The number of fused-ring (bicyclic) bond motifs is 5. The minimum absolute atomic E-state index is 0.00143. The monoisotopic (exact) mass is 749 g/mol. The summed E-state index contributed by atoms with van der Waals surface area (Å²) in [5, 5.41) is 23.8. The molecular formula is C42H37ClFN3O7. The summed E-state index contributed by atoms with van der Waals surface area (Å²) in [6.07, 6.45) is 3.64. The van der Waals surface area contributed by atoms with Crippen LogP contribution in [0.2, 0.25) is 5.02 Å². The average molecular weight is 750 g/mol. The Hall–Kier alpha value is -5.55. The van der Waals surface area contributed by atoms with Gasteiger partial charge in [0.15, 0.2) is 0 Å². The molecule has 276 valence electrons. The van der Waals surface area contributed by atoms with E-state index in [0.29, 0.717) is 52.1 Å². The molecule has 12 heteroatoms. The van der Waals surface area contributed by atoms with E-state index in [9.17, 15) is 28.7 Å². The van der Waals surface area contributed by atoms with Crippen molar-refractivity contribution in [2.75, 3.05) is 12.0 Å². The number of benzene rings is 4. The number of phenols is 1. The summed E-state index contributed by atoms with van der Waals surface area (Å²) in [6.45, 7) is 0.158. The zero-order valence-electron chi connectivity index (χ0n) is 29.1. The number of allylic oxidation sites excluding steroid dienone is 2. The van der Waals surface area contributed by atoms with E-state index in [1.54, 1.807) is 36.4 Å². The highest BCUT2D eigenvalue weighted by Crippen LogP contribution is 2.65. The summed E-state index contributed by atoms with van der Waals surface area (Å²) >= 11 is 6.39. The van der Waals surface area contributed by atoms with Crippen LogP contribution in [0, 0.1) is 29.5 Å². The first kappa shape index (κ1) is 35.5. The molecule has 6 atom stereocenters. The lowest BCUT2D eigenvalue weighted by molar-refractivity contribution is -0.141. The number of carboxylic acid groups (broad SMARTS) is 1. The van der Waals surface area contributed by atoms with E-state index < -0.39 is 58.6 Å². The number of aromatic hydroxyl groups is 1. The number of likely N-dealkylation sites (tertiary alicyclic amines) is 1. The Labute approximate surface area is 315 Å². The fourth-order valence-electron chi connectivity index (χ4n) is 9.57. The SMILES string of the molecule is O=C(O)CCCCCN1C(=O)[C@H]2[C@H](CC=C3[C@H]2C[C@H]2C(=O)N(Nc4ccc(F)cc4)C(=O)[C@@]2(c2ccc(Cl)cc2)[C@H]3c2c(O)ccc3ccccc23)C1=O. The van der Waals surface area contributed by atoms with Gasteiger partial charge in [-0.15, -0.1) is 0 Å². The predicted molar refractivity (Wildman–Crippen MR) is 197 cm³/mol. The first-order valence-electron chi connectivity index (χ1n) is 18.2. The standard InChI is InChI=1S/C42H37ClFN3O7/c43-25-12-10-24(11-13-25)42-32(39(52)47(41(42)54)45-27-16-14-26(44)15-17-27)22-31-29(37(42)36-28-7-4-3-6-23(28)9-20-33(36)48)18-19-30-35(31)40(53)46(38(30)51)21-5-1-2-8-34(49)50/h3-4,6-7,9-18,20,30-32,35,37,45,48H,1-2,5,8,19,21-22H2,(H,49,50)/t30-,31+,32-,35-,37+,42+/m0/s1. The van der Waals surface area contributed by atoms with E-state index in [-0.39, 0.29) is 43.4 Å². The molecule has 10 nitrogen and oxygen atoms in total. The topological polar surface area (TPSA) is 144 Å². The number of carboxylic acids is 1. The number of unbranched alkanes of at least 4 members (excludes halogenated alkanes) is 2. The van der Waals surface area contributed by atoms with Gasteiger partial charge in [0.25, 0.3) is 11.8 Å². The molecule has 4 amide bonds. The summed E-state index contributed by atoms with van der Waals surface area (Å²) in [4.78, 5) is 70.8. The lowest BCUT2D eigenvalue weighted by Crippen LogP contribution is -2.53. The van der Waals surface area contributed by atoms with Crippen molar-refractivity contribution in [3.63, 3.8) is 0 Å². The van der Waals surface area contributed by atoms with Crippen molar-refractivity contribution in [2.24, 2.45) is 23.7 Å². The lowest BCUT2D eigenvalue weighted by Gasteiger charge is -2.51. The predicted octanol–water partition coefficient (Wildman–Crippen LogP) is 6.97. The van der Waals surface area contributed by atoms with Crippen LogP contribution in [0.1, 0.15) is 55.6 Å². The van der Waals surface area contributed by atoms with Gasteiger partial charge in [0.1, 0.15) is 11.6 Å². The van der Waals surface area contributed by atoms with Crippen molar-refractivity contribution in [3.8, 4) is 5.75 Å². The highest BCUT2D eigenvalue weighted by molar-refractivity contribution is 6.30. The molecule has 54 heavy (non-hydrogen) atoms. The number of hydrogen-bond donors (Lipinski definition) is 3. The van der Waals surface area contributed by atoms with E-state index in [1.807, 2.05) is 30.3 Å². The first-order valence-corrected chi connectivity index (χ1v) is 18.5. The minimum atomic E-state index is -1.64. The maximum absolute atomic E-state index is 15.4. The summed E-state index contributed by atoms with van der Waals surface area (Å²) in [6, 6.07) is 22.8. The number of carbonyl (C=O) groups is 5. The average Bonchev–Trinajstić information content (AvgIpc) is 3.53. The van der Waals surface area contributed by atoms with Crippen LogP contribution in [0.4, 0.5) is 10.1 Å². The molecule has 4 aromatic carbocycles. The molecule has 4 aromatic rings. The Balaban J connectivity index is 1.30. The van der Waals surface area contributed by atoms with Gasteiger partial charge in [-0.1, -0.05) is 72.1 Å². The fourth-order valence-corrected chi connectivity index (χ4v) is 9.69. The summed E-state index contributed by atoms with van der Waals surface area (Å²) in [5.41, 5.74) is 3.23. The molecule has 1 saturated carbocycles. The van der Waals surface area contributed by atoms with Crippen LogP contribution in [0.25, 0.3) is 10.8 Å². The Morgan fingerprint density at radius 3 is 2.35 bits per heavy atom. The van der Waals surface area contributed by atoms with E-state index in [2.05, 4.69) is 5.43 Å². The number of carbonyl (C=O) groups excluding carboxylic acids is 4. The van der Waals surface area contributed by atoms with E-state index >= 15 is 4.79 Å². The maximum Gasteiger partial charge on any atom is 0.303 e. The molecule has 0 bridgehead atoms. The lowest BCUT2D eigenvalue weighted by atomic mass is 9.48. The second-order valence-electron chi connectivity index (χ2n) is 14.6. The van der Waals surface area contributed by atoms with Gasteiger partial charge in [-0.25, -0.2) is 4.39 Å². The fraction of sp³-hybridized carbons (Fsp3) is 0.310. The van der Waals surface area contributed by atoms with Crippen LogP contribution in [0.15, 0.2) is 96.6 Å². The van der Waals surface area contributed by atoms with Crippen LogP contribution in [-0.4, -0.2) is 56.3 Å². The van der Waals surface area contributed by atoms with Crippen molar-refractivity contribution >= 4 is 57.7 Å². The normalized spacial score (nSPS) is 26.1. The molecule has 4 aliphatic rings. The Kier molecular flexibility index (Phi) is 9.00. The first-order chi connectivity index (χ1) is 26.0. The van der Waals surface area contributed by atoms with Crippen molar-refractivity contribution in [1.29, 1.82) is 0 Å². The molecule has 2 saturated heterocycles. The summed E-state index contributed by atoms with van der Waals surface area (Å²) in [7, 11) is 0. The Morgan fingerprint density at radius 1 is 0.870 bits per heavy atom. The minimum Gasteiger partial charge on any atom is -0.508 e. The molecule has 0 aromatic heterocycles. The number of amides is 4. The number of phenolic OH excluding ortho intramolecular Hbond substituents is 1. The van der Waals surface area contributed by atoms with Gasteiger partial charge in [0.2, 0.25) is 11.8 Å². The number of aliphatic carboxylic acids is 1. The van der Waals surface area contributed by atoms with E-state index in [1.165, 1.54) is 29.2 Å². The van der Waals surface area contributed by atoms with Crippen LogP contribution in [-0.2, 0) is 29.4 Å². The number of halogens is 2.